The Kier molecular flexibility index (Phi) is 4.08. The van der Waals surface area contributed by atoms with Gasteiger partial charge in [-0.2, -0.15) is 0 Å². The molecule has 2 atom stereocenters. The van der Waals surface area contributed by atoms with E-state index in [-0.39, 0.29) is 16.7 Å². The fraction of sp³-hybridized carbons (Fsp3) is 0.182. The first-order chi connectivity index (χ1) is 7.99. The van der Waals surface area contributed by atoms with Crippen LogP contribution >= 0.6 is 0 Å². The zero-order valence-corrected chi connectivity index (χ0v) is 8.61. The maximum absolute atomic E-state index is 10.6. The van der Waals surface area contributed by atoms with Gasteiger partial charge in [0, 0.05) is 11.1 Å². The minimum Gasteiger partial charge on any atom is -0.479 e. The molecular weight excluding hydrogens is 228 g/mol. The van der Waals surface area contributed by atoms with Crippen LogP contribution in [0.5, 0.6) is 0 Å². The number of hydrogen-bond donors (Lipinski definition) is 3. The van der Waals surface area contributed by atoms with Gasteiger partial charge < -0.3 is 15.3 Å². The second-order valence-electron chi connectivity index (χ2n) is 3.40. The number of aliphatic carboxylic acids is 1. The molecule has 1 aromatic carbocycles. The fourth-order valence-corrected chi connectivity index (χ4v) is 1.33. The molecule has 0 bridgehead atoms. The molecule has 0 aliphatic heterocycles. The van der Waals surface area contributed by atoms with Gasteiger partial charge in [-0.1, -0.05) is 0 Å². The van der Waals surface area contributed by atoms with E-state index in [2.05, 4.69) is 0 Å². The highest BCUT2D eigenvalue weighted by atomic mass is 16.4. The summed E-state index contributed by atoms with van der Waals surface area (Å²) >= 11 is 0. The molecule has 6 heteroatoms. The molecule has 0 heterocycles. The van der Waals surface area contributed by atoms with E-state index in [9.17, 15) is 19.5 Å². The Hall–Kier alpha value is -2.05. The van der Waals surface area contributed by atoms with Crippen LogP contribution in [0.4, 0.5) is 0 Å². The smallest absolute Gasteiger partial charge is 0.335 e. The first-order valence-electron chi connectivity index (χ1n) is 4.64. The number of aliphatic hydroxyl groups excluding tert-OH is 2. The lowest BCUT2D eigenvalue weighted by atomic mass is 9.99. The third kappa shape index (κ3) is 2.96. The first-order valence-corrected chi connectivity index (χ1v) is 4.64. The summed E-state index contributed by atoms with van der Waals surface area (Å²) < 4.78 is 0. The predicted molar refractivity (Wildman–Crippen MR) is 55.8 cm³/mol. The monoisotopic (exact) mass is 238 g/mol. The van der Waals surface area contributed by atoms with E-state index in [0.29, 0.717) is 12.6 Å². The highest BCUT2D eigenvalue weighted by Crippen LogP contribution is 2.19. The molecule has 0 radical (unpaired) electrons. The Labute approximate surface area is 96.1 Å². The van der Waals surface area contributed by atoms with Crippen LogP contribution in [0.25, 0.3) is 0 Å². The van der Waals surface area contributed by atoms with Crippen molar-refractivity contribution in [3.05, 3.63) is 34.9 Å². The topological polar surface area (TPSA) is 112 Å². The van der Waals surface area contributed by atoms with Crippen molar-refractivity contribution in [2.45, 2.75) is 12.2 Å². The highest BCUT2D eigenvalue weighted by Gasteiger charge is 2.25. The lowest BCUT2D eigenvalue weighted by molar-refractivity contribution is -0.153. The summed E-state index contributed by atoms with van der Waals surface area (Å²) in [6.07, 6.45) is -2.81. The molecule has 0 aliphatic carbocycles. The molecule has 0 aromatic heterocycles. The van der Waals surface area contributed by atoms with Gasteiger partial charge in [0.15, 0.2) is 6.10 Å². The van der Waals surface area contributed by atoms with E-state index in [1.54, 1.807) is 0 Å². The van der Waals surface area contributed by atoms with Gasteiger partial charge in [-0.15, -0.1) is 0 Å². The number of carboxylic acids is 1. The van der Waals surface area contributed by atoms with Gasteiger partial charge in [0.25, 0.3) is 0 Å². The van der Waals surface area contributed by atoms with Gasteiger partial charge in [0.1, 0.15) is 18.7 Å². The van der Waals surface area contributed by atoms with E-state index in [1.807, 2.05) is 0 Å². The van der Waals surface area contributed by atoms with Gasteiger partial charge in [0.05, 0.1) is 0 Å². The third-order valence-electron chi connectivity index (χ3n) is 2.17. The van der Waals surface area contributed by atoms with E-state index < -0.39 is 18.2 Å². The molecule has 0 aliphatic rings. The molecule has 0 saturated carbocycles. The normalized spacial score (nSPS) is 13.8. The second-order valence-corrected chi connectivity index (χ2v) is 3.40. The predicted octanol–water partition coefficient (Wildman–Crippen LogP) is -0.209. The third-order valence-corrected chi connectivity index (χ3v) is 2.17. The number of benzene rings is 1. The lowest BCUT2D eigenvalue weighted by Crippen LogP contribution is -2.27. The summed E-state index contributed by atoms with van der Waals surface area (Å²) in [6, 6.07) is 3.69. The summed E-state index contributed by atoms with van der Waals surface area (Å²) in [4.78, 5) is 31.6. The second kappa shape index (κ2) is 5.33. The molecule has 1 aromatic rings. The Morgan fingerprint density at radius 1 is 1.06 bits per heavy atom. The minimum atomic E-state index is -2.02. The Bertz CT molecular complexity index is 427. The Morgan fingerprint density at radius 2 is 1.53 bits per heavy atom. The van der Waals surface area contributed by atoms with Crippen LogP contribution in [0.3, 0.4) is 0 Å². The first kappa shape index (κ1) is 13.0. The van der Waals surface area contributed by atoms with Gasteiger partial charge in [-0.25, -0.2) is 4.79 Å². The molecule has 0 amide bonds. The average Bonchev–Trinajstić information content (AvgIpc) is 2.35. The standard InChI is InChI=1S/C11H10O6/c12-4-6-1-7(5-13)3-8(2-6)9(14)10(15)11(16)17/h1-5,9-10,14-15H,(H,16,17). The molecule has 0 fully saturated rings. The lowest BCUT2D eigenvalue weighted by Gasteiger charge is -2.15. The van der Waals surface area contributed by atoms with Crippen molar-refractivity contribution in [3.8, 4) is 0 Å². The quantitative estimate of drug-likeness (QED) is 0.612. The van der Waals surface area contributed by atoms with Crippen molar-refractivity contribution < 1.29 is 29.7 Å². The van der Waals surface area contributed by atoms with Gasteiger partial charge in [0.2, 0.25) is 0 Å². The largest absolute Gasteiger partial charge is 0.479 e. The van der Waals surface area contributed by atoms with Crippen LogP contribution in [0.15, 0.2) is 18.2 Å². The highest BCUT2D eigenvalue weighted by molar-refractivity contribution is 5.83. The number of carbonyl (C=O) groups excluding carboxylic acids is 2. The fourth-order valence-electron chi connectivity index (χ4n) is 1.33. The maximum atomic E-state index is 10.6. The minimum absolute atomic E-state index is 0.00778. The number of carboxylic acid groups (broad SMARTS) is 1. The number of hydrogen-bond acceptors (Lipinski definition) is 5. The van der Waals surface area contributed by atoms with E-state index in [0.717, 1.165) is 0 Å². The molecule has 3 N–H and O–H groups in total. The van der Waals surface area contributed by atoms with Crippen molar-refractivity contribution in [2.75, 3.05) is 0 Å². The SMILES string of the molecule is O=Cc1cc(C=O)cc(C(O)C(O)C(=O)O)c1. The maximum Gasteiger partial charge on any atom is 0.335 e. The van der Waals surface area contributed by atoms with Crippen LogP contribution in [0.2, 0.25) is 0 Å². The van der Waals surface area contributed by atoms with Crippen molar-refractivity contribution in [3.63, 3.8) is 0 Å². The number of carbonyl (C=O) groups is 3. The van der Waals surface area contributed by atoms with E-state index in [1.165, 1.54) is 18.2 Å². The average molecular weight is 238 g/mol. The van der Waals surface area contributed by atoms with Crippen LogP contribution in [0.1, 0.15) is 32.4 Å². The van der Waals surface area contributed by atoms with Crippen LogP contribution in [0, 0.1) is 0 Å². The Balaban J connectivity index is 3.16. The number of rotatable bonds is 5. The van der Waals surface area contributed by atoms with Gasteiger partial charge >= 0.3 is 5.97 Å². The van der Waals surface area contributed by atoms with Gasteiger partial charge in [-0.05, 0) is 23.8 Å². The molecule has 6 nitrogen and oxygen atoms in total. The van der Waals surface area contributed by atoms with Crippen LogP contribution in [-0.2, 0) is 4.79 Å². The zero-order valence-electron chi connectivity index (χ0n) is 8.61. The van der Waals surface area contributed by atoms with Crippen molar-refractivity contribution in [2.24, 2.45) is 0 Å². The summed E-state index contributed by atoms with van der Waals surface area (Å²) in [5.41, 5.74) is 0.217. The number of aliphatic hydroxyl groups is 2. The van der Waals surface area contributed by atoms with Crippen molar-refractivity contribution in [1.82, 2.24) is 0 Å². The molecule has 2 unspecified atom stereocenters. The summed E-state index contributed by atoms with van der Waals surface area (Å²) in [5, 5.41) is 27.2. The Morgan fingerprint density at radius 3 is 1.88 bits per heavy atom. The summed E-state index contributed by atoms with van der Waals surface area (Å²) in [7, 11) is 0. The van der Waals surface area contributed by atoms with Crippen molar-refractivity contribution >= 4 is 18.5 Å². The van der Waals surface area contributed by atoms with Crippen LogP contribution < -0.4 is 0 Å². The molecular formula is C11H10O6. The van der Waals surface area contributed by atoms with E-state index >= 15 is 0 Å². The zero-order chi connectivity index (χ0) is 13.0. The molecule has 0 saturated heterocycles. The molecule has 17 heavy (non-hydrogen) atoms. The van der Waals surface area contributed by atoms with E-state index in [4.69, 9.17) is 10.2 Å². The van der Waals surface area contributed by atoms with Crippen molar-refractivity contribution in [1.29, 1.82) is 0 Å². The van der Waals surface area contributed by atoms with Crippen LogP contribution in [-0.4, -0.2) is 40.0 Å². The number of aldehydes is 2. The summed E-state index contributed by atoms with van der Waals surface area (Å²) in [5.74, 6) is -1.60. The molecule has 90 valence electrons. The summed E-state index contributed by atoms with van der Waals surface area (Å²) in [6.45, 7) is 0. The molecule has 1 rings (SSSR count). The van der Waals surface area contributed by atoms with Gasteiger partial charge in [-0.3, -0.25) is 9.59 Å². The molecule has 0 spiro atoms.